The Balaban J connectivity index is 0.00000225. The van der Waals surface area contributed by atoms with E-state index in [1.165, 1.54) is 10.4 Å². The minimum atomic E-state index is 0. The number of hydrogen-bond donors (Lipinski definition) is 1. The molecule has 0 aromatic carbocycles. The van der Waals surface area contributed by atoms with Gasteiger partial charge < -0.3 is 10.2 Å². The molecule has 1 aliphatic rings. The fourth-order valence-corrected chi connectivity index (χ4v) is 4.58. The van der Waals surface area contributed by atoms with Gasteiger partial charge in [0.15, 0.2) is 0 Å². The summed E-state index contributed by atoms with van der Waals surface area (Å²) in [6.07, 6.45) is 6.82. The minimum absolute atomic E-state index is 0. The van der Waals surface area contributed by atoms with Gasteiger partial charge in [0.2, 0.25) is 0 Å². The number of pyridine rings is 1. The number of thiophene rings is 1. The van der Waals surface area contributed by atoms with Crippen LogP contribution >= 0.6 is 23.7 Å². The molecular formula is C19H26ClN3OS. The lowest BCUT2D eigenvalue weighted by molar-refractivity contribution is 0.0639. The number of carbonyl (C=O) groups is 1. The molecule has 1 amide bonds. The van der Waals surface area contributed by atoms with Crippen LogP contribution < -0.4 is 5.32 Å². The number of piperazine rings is 1. The first-order chi connectivity index (χ1) is 11.7. The summed E-state index contributed by atoms with van der Waals surface area (Å²) in [4.78, 5) is 21.6. The number of halogens is 1. The van der Waals surface area contributed by atoms with E-state index in [1.807, 2.05) is 17.2 Å². The van der Waals surface area contributed by atoms with Crippen molar-refractivity contribution in [3.05, 3.63) is 51.5 Å². The Morgan fingerprint density at radius 1 is 1.44 bits per heavy atom. The Bertz CT molecular complexity index is 689. The first kappa shape index (κ1) is 19.9. The van der Waals surface area contributed by atoms with Crippen LogP contribution in [0.2, 0.25) is 0 Å². The van der Waals surface area contributed by atoms with E-state index in [-0.39, 0.29) is 24.4 Å². The first-order valence-electron chi connectivity index (χ1n) is 8.77. The van der Waals surface area contributed by atoms with Crippen molar-refractivity contribution in [3.63, 3.8) is 0 Å². The van der Waals surface area contributed by atoms with Gasteiger partial charge in [-0.25, -0.2) is 0 Å². The quantitative estimate of drug-likeness (QED) is 0.857. The standard InChI is InChI=1S/C19H25N3OS.ClH/c1-3-6-17-14(4-2)11-18(24-17)19(23)22-10-9-21-13-16(22)15-7-5-8-20-12-15;/h5,7-8,11-12,16,21H,3-4,6,9-10,13H2,1-2H3;1H. The van der Waals surface area contributed by atoms with E-state index in [4.69, 9.17) is 0 Å². The van der Waals surface area contributed by atoms with E-state index < -0.39 is 0 Å². The van der Waals surface area contributed by atoms with Gasteiger partial charge in [0.1, 0.15) is 0 Å². The van der Waals surface area contributed by atoms with E-state index in [0.29, 0.717) is 0 Å². The zero-order valence-corrected chi connectivity index (χ0v) is 16.5. The molecule has 1 unspecified atom stereocenters. The predicted octanol–water partition coefficient (Wildman–Crippen LogP) is 3.87. The van der Waals surface area contributed by atoms with Crippen LogP contribution in [0.5, 0.6) is 0 Å². The monoisotopic (exact) mass is 379 g/mol. The van der Waals surface area contributed by atoms with E-state index in [0.717, 1.165) is 49.3 Å². The third-order valence-corrected chi connectivity index (χ3v) is 5.76. The zero-order chi connectivity index (χ0) is 16.9. The van der Waals surface area contributed by atoms with Gasteiger partial charge in [-0.3, -0.25) is 9.78 Å². The van der Waals surface area contributed by atoms with Crippen molar-refractivity contribution < 1.29 is 4.79 Å². The summed E-state index contributed by atoms with van der Waals surface area (Å²) in [7, 11) is 0. The SMILES string of the molecule is CCCc1sc(C(=O)N2CCNCC2c2cccnc2)cc1CC.Cl. The lowest BCUT2D eigenvalue weighted by Crippen LogP contribution is -2.48. The highest BCUT2D eigenvalue weighted by Gasteiger charge is 2.30. The van der Waals surface area contributed by atoms with Crippen LogP contribution in [0, 0.1) is 0 Å². The molecule has 3 rings (SSSR count). The molecule has 1 N–H and O–H groups in total. The Hall–Kier alpha value is -1.43. The molecule has 136 valence electrons. The third kappa shape index (κ3) is 4.40. The van der Waals surface area contributed by atoms with Crippen molar-refractivity contribution in [1.82, 2.24) is 15.2 Å². The normalized spacial score (nSPS) is 17.2. The van der Waals surface area contributed by atoms with Gasteiger partial charge in [-0.2, -0.15) is 0 Å². The third-order valence-electron chi connectivity index (χ3n) is 4.54. The van der Waals surface area contributed by atoms with E-state index >= 15 is 0 Å². The maximum Gasteiger partial charge on any atom is 0.264 e. The van der Waals surface area contributed by atoms with Crippen LogP contribution in [0.15, 0.2) is 30.6 Å². The Labute approximate surface area is 160 Å². The summed E-state index contributed by atoms with van der Waals surface area (Å²) >= 11 is 1.68. The Kier molecular flexibility index (Phi) is 7.41. The minimum Gasteiger partial charge on any atom is -0.328 e. The van der Waals surface area contributed by atoms with Gasteiger partial charge >= 0.3 is 0 Å². The molecule has 0 saturated carbocycles. The molecule has 1 fully saturated rings. The Morgan fingerprint density at radius 2 is 2.28 bits per heavy atom. The van der Waals surface area contributed by atoms with E-state index in [9.17, 15) is 4.79 Å². The average molecular weight is 380 g/mol. The van der Waals surface area contributed by atoms with Gasteiger partial charge in [-0.05, 0) is 36.1 Å². The number of aromatic nitrogens is 1. The number of amides is 1. The molecule has 1 saturated heterocycles. The zero-order valence-electron chi connectivity index (χ0n) is 14.8. The van der Waals surface area contributed by atoms with Gasteiger partial charge in [0, 0.05) is 36.9 Å². The van der Waals surface area contributed by atoms with Crippen molar-refractivity contribution in [2.24, 2.45) is 0 Å². The van der Waals surface area contributed by atoms with Gasteiger partial charge in [-0.15, -0.1) is 23.7 Å². The average Bonchev–Trinajstić information content (AvgIpc) is 3.05. The molecule has 4 nitrogen and oxygen atoms in total. The number of carbonyl (C=O) groups excluding carboxylic acids is 1. The van der Waals surface area contributed by atoms with Gasteiger partial charge in [0.25, 0.3) is 5.91 Å². The molecule has 0 bridgehead atoms. The second-order valence-electron chi connectivity index (χ2n) is 6.17. The summed E-state index contributed by atoms with van der Waals surface area (Å²) in [5.41, 5.74) is 2.43. The van der Waals surface area contributed by atoms with Crippen LogP contribution in [0.25, 0.3) is 0 Å². The lowest BCUT2D eigenvalue weighted by atomic mass is 10.0. The van der Waals surface area contributed by atoms with Crippen LogP contribution in [0.4, 0.5) is 0 Å². The van der Waals surface area contributed by atoms with Gasteiger partial charge in [-0.1, -0.05) is 26.3 Å². The fourth-order valence-electron chi connectivity index (χ4n) is 3.27. The highest BCUT2D eigenvalue weighted by molar-refractivity contribution is 7.14. The smallest absolute Gasteiger partial charge is 0.264 e. The molecule has 1 aliphatic heterocycles. The summed E-state index contributed by atoms with van der Waals surface area (Å²) in [6, 6.07) is 6.16. The maximum atomic E-state index is 13.2. The first-order valence-corrected chi connectivity index (χ1v) is 9.59. The molecule has 2 aromatic rings. The molecule has 0 aliphatic carbocycles. The second-order valence-corrected chi connectivity index (χ2v) is 7.30. The van der Waals surface area contributed by atoms with Crippen molar-refractivity contribution in [1.29, 1.82) is 0 Å². The van der Waals surface area contributed by atoms with Crippen molar-refractivity contribution in [2.45, 2.75) is 39.2 Å². The van der Waals surface area contributed by atoms with Crippen molar-refractivity contribution in [3.8, 4) is 0 Å². The molecule has 0 radical (unpaired) electrons. The summed E-state index contributed by atoms with van der Waals surface area (Å²) in [5.74, 6) is 0.160. The maximum absolute atomic E-state index is 13.2. The topological polar surface area (TPSA) is 45.2 Å². The molecule has 0 spiro atoms. The molecule has 2 aromatic heterocycles. The van der Waals surface area contributed by atoms with E-state index in [2.05, 4.69) is 36.3 Å². The lowest BCUT2D eigenvalue weighted by Gasteiger charge is -2.36. The van der Waals surface area contributed by atoms with Crippen molar-refractivity contribution >= 4 is 29.7 Å². The molecule has 1 atom stereocenters. The summed E-state index contributed by atoms with van der Waals surface area (Å²) in [5, 5.41) is 3.40. The highest BCUT2D eigenvalue weighted by atomic mass is 35.5. The largest absolute Gasteiger partial charge is 0.328 e. The number of nitrogens with zero attached hydrogens (tertiary/aromatic N) is 2. The molecule has 25 heavy (non-hydrogen) atoms. The highest BCUT2D eigenvalue weighted by Crippen LogP contribution is 2.29. The van der Waals surface area contributed by atoms with Crippen LogP contribution in [-0.4, -0.2) is 35.4 Å². The second kappa shape index (κ2) is 9.32. The predicted molar refractivity (Wildman–Crippen MR) is 106 cm³/mol. The van der Waals surface area contributed by atoms with Crippen LogP contribution in [0.1, 0.15) is 52.0 Å². The van der Waals surface area contributed by atoms with E-state index in [1.54, 1.807) is 17.5 Å². The Morgan fingerprint density at radius 3 is 2.96 bits per heavy atom. The summed E-state index contributed by atoms with van der Waals surface area (Å²) in [6.45, 7) is 6.72. The number of nitrogens with one attached hydrogen (secondary N) is 1. The van der Waals surface area contributed by atoms with Crippen LogP contribution in [-0.2, 0) is 12.8 Å². The summed E-state index contributed by atoms with van der Waals surface area (Å²) < 4.78 is 0. The van der Waals surface area contributed by atoms with Crippen molar-refractivity contribution in [2.75, 3.05) is 19.6 Å². The van der Waals surface area contributed by atoms with Gasteiger partial charge in [0.05, 0.1) is 10.9 Å². The molecule has 3 heterocycles. The fraction of sp³-hybridized carbons (Fsp3) is 0.474. The molecule has 6 heteroatoms. The number of aryl methyl sites for hydroxylation is 2. The number of hydrogen-bond acceptors (Lipinski definition) is 4. The molecular weight excluding hydrogens is 354 g/mol. The van der Waals surface area contributed by atoms with Crippen LogP contribution in [0.3, 0.4) is 0 Å². The number of rotatable bonds is 5.